The molecule has 1 aliphatic heterocycles. The van der Waals surface area contributed by atoms with Crippen molar-refractivity contribution in [3.63, 3.8) is 0 Å². The van der Waals surface area contributed by atoms with Crippen molar-refractivity contribution in [3.05, 3.63) is 87.7 Å². The second-order valence-electron chi connectivity index (χ2n) is 7.66. The monoisotopic (exact) mass is 433 g/mol. The highest BCUT2D eigenvalue weighted by Gasteiger charge is 2.18. The molecule has 1 fully saturated rings. The maximum atomic E-state index is 12.7. The molecule has 2 heterocycles. The Morgan fingerprint density at radius 2 is 1.81 bits per heavy atom. The van der Waals surface area contributed by atoms with Gasteiger partial charge in [-0.3, -0.25) is 19.7 Å². The predicted octanol–water partition coefficient (Wildman–Crippen LogP) is 3.34. The topological polar surface area (TPSA) is 110 Å². The van der Waals surface area contributed by atoms with Gasteiger partial charge < -0.3 is 10.2 Å². The molecule has 1 N–H and O–H groups in total. The number of aromatic nitrogens is 2. The van der Waals surface area contributed by atoms with E-state index in [4.69, 9.17) is 0 Å². The maximum absolute atomic E-state index is 12.7. The molecular formula is C23H23N5O4. The third-order valence-corrected chi connectivity index (χ3v) is 5.40. The van der Waals surface area contributed by atoms with Gasteiger partial charge in [-0.05, 0) is 49.1 Å². The molecule has 3 aromatic rings. The van der Waals surface area contributed by atoms with Gasteiger partial charge in [0.05, 0.1) is 10.6 Å². The second-order valence-corrected chi connectivity index (χ2v) is 7.66. The summed E-state index contributed by atoms with van der Waals surface area (Å²) in [5.41, 5.74) is 2.06. The first-order valence-corrected chi connectivity index (χ1v) is 10.5. The van der Waals surface area contributed by atoms with Crippen molar-refractivity contribution < 1.29 is 14.5 Å². The van der Waals surface area contributed by atoms with Gasteiger partial charge in [0.15, 0.2) is 5.69 Å². The van der Waals surface area contributed by atoms with Gasteiger partial charge in [0.2, 0.25) is 0 Å². The summed E-state index contributed by atoms with van der Waals surface area (Å²) >= 11 is 0. The highest BCUT2D eigenvalue weighted by Crippen LogP contribution is 2.17. The number of non-ortho nitro benzene ring substituents is 1. The Hall–Kier alpha value is -4.01. The molecule has 0 unspecified atom stereocenters. The number of nitro groups is 1. The van der Waals surface area contributed by atoms with Crippen molar-refractivity contribution in [1.82, 2.24) is 20.0 Å². The standard InChI is InChI=1S/C23H23N5O4/c29-22(21-10-13-27(25-21)19-8-5-9-20(15-19)28(31)32)24-16-17-6-4-7-18(14-17)23(30)26-11-2-1-3-12-26/h4-10,13-15H,1-3,11-12,16H2,(H,24,29). The van der Waals surface area contributed by atoms with Crippen molar-refractivity contribution >= 4 is 17.5 Å². The predicted molar refractivity (Wildman–Crippen MR) is 118 cm³/mol. The van der Waals surface area contributed by atoms with E-state index in [0.717, 1.165) is 37.9 Å². The number of nitrogens with one attached hydrogen (secondary N) is 1. The highest BCUT2D eigenvalue weighted by atomic mass is 16.6. The molecular weight excluding hydrogens is 410 g/mol. The van der Waals surface area contributed by atoms with Crippen molar-refractivity contribution in [2.75, 3.05) is 13.1 Å². The number of rotatable bonds is 6. The summed E-state index contributed by atoms with van der Waals surface area (Å²) in [6.45, 7) is 1.82. The Morgan fingerprint density at radius 1 is 1.03 bits per heavy atom. The van der Waals surface area contributed by atoms with E-state index in [2.05, 4.69) is 10.4 Å². The molecule has 1 saturated heterocycles. The van der Waals surface area contributed by atoms with Gasteiger partial charge in [-0.25, -0.2) is 4.68 Å². The Morgan fingerprint density at radius 3 is 2.59 bits per heavy atom. The zero-order chi connectivity index (χ0) is 22.5. The summed E-state index contributed by atoms with van der Waals surface area (Å²) in [6.07, 6.45) is 4.80. The number of benzene rings is 2. The fraction of sp³-hybridized carbons (Fsp3) is 0.261. The minimum atomic E-state index is -0.481. The van der Waals surface area contributed by atoms with Gasteiger partial charge in [-0.1, -0.05) is 18.2 Å². The van der Waals surface area contributed by atoms with E-state index >= 15 is 0 Å². The SMILES string of the molecule is O=C(NCc1cccc(C(=O)N2CCCCC2)c1)c1ccn(-c2cccc([N+](=O)[O-])c2)n1. The summed E-state index contributed by atoms with van der Waals surface area (Å²) < 4.78 is 1.42. The molecule has 0 radical (unpaired) electrons. The first kappa shape index (κ1) is 21.2. The molecule has 9 nitrogen and oxygen atoms in total. The molecule has 164 valence electrons. The van der Waals surface area contributed by atoms with Crippen LogP contribution in [0.1, 0.15) is 45.7 Å². The number of piperidine rings is 1. The Kier molecular flexibility index (Phi) is 6.25. The summed E-state index contributed by atoms with van der Waals surface area (Å²) in [4.78, 5) is 37.6. The smallest absolute Gasteiger partial charge is 0.272 e. The van der Waals surface area contributed by atoms with Gasteiger partial charge in [0, 0.05) is 43.5 Å². The molecule has 32 heavy (non-hydrogen) atoms. The molecule has 2 amide bonds. The molecule has 0 spiro atoms. The number of likely N-dealkylation sites (tertiary alicyclic amines) is 1. The summed E-state index contributed by atoms with van der Waals surface area (Å²) in [5.74, 6) is -0.351. The molecule has 2 aromatic carbocycles. The van der Waals surface area contributed by atoms with Crippen LogP contribution in [0.15, 0.2) is 60.8 Å². The normalized spacial score (nSPS) is 13.6. The number of amides is 2. The van der Waals surface area contributed by atoms with Gasteiger partial charge in [0.1, 0.15) is 0 Å². The molecule has 0 bridgehead atoms. The lowest BCUT2D eigenvalue weighted by Gasteiger charge is -2.26. The van der Waals surface area contributed by atoms with Gasteiger partial charge in [-0.15, -0.1) is 0 Å². The van der Waals surface area contributed by atoms with E-state index in [-0.39, 0.29) is 29.7 Å². The zero-order valence-electron chi connectivity index (χ0n) is 17.4. The largest absolute Gasteiger partial charge is 0.347 e. The minimum absolute atomic E-state index is 0.0218. The van der Waals surface area contributed by atoms with E-state index in [1.165, 1.54) is 16.8 Å². The zero-order valence-corrected chi connectivity index (χ0v) is 17.4. The first-order chi connectivity index (χ1) is 15.5. The number of carbonyl (C=O) groups excluding carboxylic acids is 2. The number of carbonyl (C=O) groups is 2. The van der Waals surface area contributed by atoms with Crippen molar-refractivity contribution in [1.29, 1.82) is 0 Å². The van der Waals surface area contributed by atoms with Crippen LogP contribution in [0.3, 0.4) is 0 Å². The van der Waals surface area contributed by atoms with Gasteiger partial charge >= 0.3 is 0 Å². The van der Waals surface area contributed by atoms with Crippen LogP contribution in [0.5, 0.6) is 0 Å². The van der Waals surface area contributed by atoms with Crippen LogP contribution in [0, 0.1) is 10.1 Å². The number of nitro benzene ring substituents is 1. The lowest BCUT2D eigenvalue weighted by molar-refractivity contribution is -0.384. The van der Waals surface area contributed by atoms with E-state index in [1.54, 1.807) is 36.5 Å². The number of hydrogen-bond acceptors (Lipinski definition) is 5. The van der Waals surface area contributed by atoms with Crippen molar-refractivity contribution in [2.45, 2.75) is 25.8 Å². The van der Waals surface area contributed by atoms with Crippen LogP contribution in [0.2, 0.25) is 0 Å². The Bertz CT molecular complexity index is 1150. The molecule has 0 atom stereocenters. The minimum Gasteiger partial charge on any atom is -0.347 e. The van der Waals surface area contributed by atoms with Crippen LogP contribution >= 0.6 is 0 Å². The van der Waals surface area contributed by atoms with E-state index in [9.17, 15) is 19.7 Å². The van der Waals surface area contributed by atoms with Crippen LogP contribution < -0.4 is 5.32 Å². The molecule has 1 aliphatic rings. The summed E-state index contributed by atoms with van der Waals surface area (Å²) in [5, 5.41) is 18.0. The van der Waals surface area contributed by atoms with E-state index < -0.39 is 4.92 Å². The number of hydrogen-bond donors (Lipinski definition) is 1. The Balaban J connectivity index is 1.40. The molecule has 0 aliphatic carbocycles. The fourth-order valence-electron chi connectivity index (χ4n) is 3.70. The lowest BCUT2D eigenvalue weighted by Crippen LogP contribution is -2.35. The summed E-state index contributed by atoms with van der Waals surface area (Å²) in [6, 6.07) is 14.8. The van der Waals surface area contributed by atoms with Crippen molar-refractivity contribution in [3.8, 4) is 5.69 Å². The second kappa shape index (κ2) is 9.42. The quantitative estimate of drug-likeness (QED) is 0.474. The Labute approximate surface area is 184 Å². The first-order valence-electron chi connectivity index (χ1n) is 10.5. The highest BCUT2D eigenvalue weighted by molar-refractivity contribution is 5.94. The fourth-order valence-corrected chi connectivity index (χ4v) is 3.70. The maximum Gasteiger partial charge on any atom is 0.272 e. The number of nitrogens with zero attached hydrogens (tertiary/aromatic N) is 4. The average Bonchev–Trinajstić information content (AvgIpc) is 3.33. The van der Waals surface area contributed by atoms with E-state index in [0.29, 0.717) is 11.3 Å². The average molecular weight is 433 g/mol. The van der Waals surface area contributed by atoms with Gasteiger partial charge in [0.25, 0.3) is 17.5 Å². The summed E-state index contributed by atoms with van der Waals surface area (Å²) in [7, 11) is 0. The van der Waals surface area contributed by atoms with Crippen LogP contribution in [-0.2, 0) is 6.54 Å². The van der Waals surface area contributed by atoms with Crippen molar-refractivity contribution in [2.24, 2.45) is 0 Å². The van der Waals surface area contributed by atoms with Crippen LogP contribution in [-0.4, -0.2) is 44.5 Å². The van der Waals surface area contributed by atoms with Crippen LogP contribution in [0.25, 0.3) is 5.69 Å². The molecule has 0 saturated carbocycles. The lowest BCUT2D eigenvalue weighted by atomic mass is 10.1. The van der Waals surface area contributed by atoms with E-state index in [1.807, 2.05) is 17.0 Å². The third kappa shape index (κ3) is 4.83. The molecule has 4 rings (SSSR count). The molecule has 9 heteroatoms. The third-order valence-electron chi connectivity index (χ3n) is 5.40. The molecule has 1 aromatic heterocycles. The van der Waals surface area contributed by atoms with Gasteiger partial charge in [-0.2, -0.15) is 5.10 Å². The van der Waals surface area contributed by atoms with Crippen LogP contribution in [0.4, 0.5) is 5.69 Å².